The molecule has 0 radical (unpaired) electrons. The Morgan fingerprint density at radius 1 is 0.692 bits per heavy atom. The SMILES string of the molecule is COCC1(C)COC1.COCC1(C)COC1.c1ccc2ccccc2c1. The molecular weight excluding hydrogens is 328 g/mol. The molecule has 4 heteroatoms. The summed E-state index contributed by atoms with van der Waals surface area (Å²) in [6.45, 7) is 9.43. The van der Waals surface area contributed by atoms with E-state index in [4.69, 9.17) is 18.9 Å². The molecular formula is C22H32O4. The second-order valence-electron chi connectivity index (χ2n) is 7.82. The van der Waals surface area contributed by atoms with Crippen molar-refractivity contribution in [1.82, 2.24) is 0 Å². The van der Waals surface area contributed by atoms with E-state index in [1.54, 1.807) is 14.2 Å². The molecule has 4 nitrogen and oxygen atoms in total. The lowest BCUT2D eigenvalue weighted by atomic mass is 9.90. The van der Waals surface area contributed by atoms with Crippen molar-refractivity contribution in [2.24, 2.45) is 10.8 Å². The fourth-order valence-corrected chi connectivity index (χ4v) is 2.90. The van der Waals surface area contributed by atoms with Crippen molar-refractivity contribution in [3.63, 3.8) is 0 Å². The smallest absolute Gasteiger partial charge is 0.0564 e. The molecule has 0 aromatic heterocycles. The van der Waals surface area contributed by atoms with E-state index in [0.29, 0.717) is 10.8 Å². The third kappa shape index (κ3) is 6.36. The fraction of sp³-hybridized carbons (Fsp3) is 0.545. The molecule has 2 saturated heterocycles. The van der Waals surface area contributed by atoms with Crippen LogP contribution in [0.2, 0.25) is 0 Å². The van der Waals surface area contributed by atoms with Crippen LogP contribution in [0.3, 0.4) is 0 Å². The molecule has 0 unspecified atom stereocenters. The summed E-state index contributed by atoms with van der Waals surface area (Å²) >= 11 is 0. The van der Waals surface area contributed by atoms with E-state index in [2.05, 4.69) is 62.4 Å². The minimum absolute atomic E-state index is 0.328. The summed E-state index contributed by atoms with van der Waals surface area (Å²) < 4.78 is 20.0. The monoisotopic (exact) mass is 360 g/mol. The topological polar surface area (TPSA) is 36.9 Å². The van der Waals surface area contributed by atoms with Crippen molar-refractivity contribution in [3.05, 3.63) is 48.5 Å². The predicted octanol–water partition coefficient (Wildman–Crippen LogP) is 4.18. The Morgan fingerprint density at radius 3 is 1.15 bits per heavy atom. The van der Waals surface area contributed by atoms with Crippen molar-refractivity contribution in [3.8, 4) is 0 Å². The van der Waals surface area contributed by atoms with Crippen LogP contribution < -0.4 is 0 Å². The molecule has 2 aliphatic heterocycles. The number of hydrogen-bond acceptors (Lipinski definition) is 4. The van der Waals surface area contributed by atoms with Crippen LogP contribution in [0.5, 0.6) is 0 Å². The Bertz CT molecular complexity index is 560. The van der Waals surface area contributed by atoms with Crippen molar-refractivity contribution in [2.75, 3.05) is 53.9 Å². The Kier molecular flexibility index (Phi) is 8.04. The van der Waals surface area contributed by atoms with Crippen LogP contribution in [0.4, 0.5) is 0 Å². The molecule has 0 bridgehead atoms. The van der Waals surface area contributed by atoms with Crippen LogP contribution in [-0.4, -0.2) is 53.9 Å². The summed E-state index contributed by atoms with van der Waals surface area (Å²) in [5.74, 6) is 0. The van der Waals surface area contributed by atoms with Gasteiger partial charge in [0.2, 0.25) is 0 Å². The first-order valence-corrected chi connectivity index (χ1v) is 9.07. The summed E-state index contributed by atoms with van der Waals surface area (Å²) in [6.07, 6.45) is 0. The number of hydrogen-bond donors (Lipinski definition) is 0. The first-order chi connectivity index (χ1) is 12.5. The standard InChI is InChI=1S/C10H8.2C6H12O2/c1-2-6-10-8-4-3-7-9(10)5-1;2*1-6(3-7-2)4-8-5-6/h1-8H;2*3-5H2,1-2H3. The largest absolute Gasteiger partial charge is 0.384 e. The second kappa shape index (κ2) is 10.0. The molecule has 2 fully saturated rings. The van der Waals surface area contributed by atoms with Crippen LogP contribution in [0, 0.1) is 10.8 Å². The minimum Gasteiger partial charge on any atom is -0.384 e. The summed E-state index contributed by atoms with van der Waals surface area (Å²) in [7, 11) is 3.45. The van der Waals surface area contributed by atoms with E-state index in [1.807, 2.05) is 0 Å². The molecule has 0 atom stereocenters. The molecule has 0 amide bonds. The molecule has 26 heavy (non-hydrogen) atoms. The molecule has 144 valence electrons. The van der Waals surface area contributed by atoms with Crippen molar-refractivity contribution in [2.45, 2.75) is 13.8 Å². The van der Waals surface area contributed by atoms with Crippen LogP contribution in [0.1, 0.15) is 13.8 Å². The average Bonchev–Trinajstić information content (AvgIpc) is 2.61. The van der Waals surface area contributed by atoms with Crippen molar-refractivity contribution >= 4 is 10.8 Å². The van der Waals surface area contributed by atoms with Crippen LogP contribution in [-0.2, 0) is 18.9 Å². The van der Waals surface area contributed by atoms with Gasteiger partial charge in [0.05, 0.1) is 39.6 Å². The zero-order valence-electron chi connectivity index (χ0n) is 16.5. The molecule has 0 saturated carbocycles. The summed E-state index contributed by atoms with van der Waals surface area (Å²) in [6, 6.07) is 16.7. The predicted molar refractivity (Wildman–Crippen MR) is 106 cm³/mol. The van der Waals surface area contributed by atoms with E-state index >= 15 is 0 Å². The number of benzene rings is 2. The minimum atomic E-state index is 0.328. The van der Waals surface area contributed by atoms with Gasteiger partial charge in [-0.1, -0.05) is 62.4 Å². The number of ether oxygens (including phenoxy) is 4. The fourth-order valence-electron chi connectivity index (χ4n) is 2.90. The van der Waals surface area contributed by atoms with Crippen molar-refractivity contribution < 1.29 is 18.9 Å². The number of fused-ring (bicyclic) bond motifs is 1. The zero-order valence-corrected chi connectivity index (χ0v) is 16.5. The van der Waals surface area contributed by atoms with Gasteiger partial charge >= 0.3 is 0 Å². The highest BCUT2D eigenvalue weighted by Gasteiger charge is 2.33. The molecule has 0 N–H and O–H groups in total. The maximum absolute atomic E-state index is 5.01. The summed E-state index contributed by atoms with van der Waals surface area (Å²) in [4.78, 5) is 0. The maximum atomic E-state index is 5.01. The van der Waals surface area contributed by atoms with Crippen LogP contribution >= 0.6 is 0 Å². The van der Waals surface area contributed by atoms with Crippen LogP contribution in [0.25, 0.3) is 10.8 Å². The van der Waals surface area contributed by atoms with Crippen molar-refractivity contribution in [1.29, 1.82) is 0 Å². The lowest BCUT2D eigenvalue weighted by Gasteiger charge is -2.37. The van der Waals surface area contributed by atoms with E-state index in [0.717, 1.165) is 39.6 Å². The molecule has 2 heterocycles. The lowest BCUT2D eigenvalue weighted by molar-refractivity contribution is -0.131. The van der Waals surface area contributed by atoms with Gasteiger partial charge in [-0.05, 0) is 10.8 Å². The second-order valence-corrected chi connectivity index (χ2v) is 7.82. The highest BCUT2D eigenvalue weighted by molar-refractivity contribution is 5.81. The highest BCUT2D eigenvalue weighted by atomic mass is 16.5. The third-order valence-corrected chi connectivity index (χ3v) is 4.45. The normalized spacial score (nSPS) is 19.1. The van der Waals surface area contributed by atoms with Gasteiger partial charge in [-0.3, -0.25) is 0 Å². The molecule has 0 spiro atoms. The zero-order chi connectivity index (χ0) is 18.9. The van der Waals surface area contributed by atoms with E-state index in [-0.39, 0.29) is 0 Å². The Hall–Kier alpha value is -1.46. The maximum Gasteiger partial charge on any atom is 0.0564 e. The molecule has 4 rings (SSSR count). The van der Waals surface area contributed by atoms with E-state index in [9.17, 15) is 0 Å². The first kappa shape index (κ1) is 20.8. The number of methoxy groups -OCH3 is 2. The summed E-state index contributed by atoms with van der Waals surface area (Å²) in [5.41, 5.74) is 0.656. The molecule has 2 aromatic carbocycles. The van der Waals surface area contributed by atoms with Gasteiger partial charge in [-0.2, -0.15) is 0 Å². The lowest BCUT2D eigenvalue weighted by Crippen LogP contribution is -2.43. The van der Waals surface area contributed by atoms with Gasteiger partial charge in [0.15, 0.2) is 0 Å². The Labute approximate surface area is 157 Å². The molecule has 2 aromatic rings. The van der Waals surface area contributed by atoms with Crippen LogP contribution in [0.15, 0.2) is 48.5 Å². The Morgan fingerprint density at radius 2 is 1.00 bits per heavy atom. The van der Waals surface area contributed by atoms with Gasteiger partial charge < -0.3 is 18.9 Å². The van der Waals surface area contributed by atoms with E-state index < -0.39 is 0 Å². The Balaban J connectivity index is 0.000000142. The van der Waals surface area contributed by atoms with Gasteiger partial charge in [0.25, 0.3) is 0 Å². The summed E-state index contributed by atoms with van der Waals surface area (Å²) in [5, 5.41) is 2.62. The average molecular weight is 360 g/mol. The molecule has 2 aliphatic rings. The van der Waals surface area contributed by atoms with E-state index in [1.165, 1.54) is 10.8 Å². The van der Waals surface area contributed by atoms with Gasteiger partial charge in [-0.15, -0.1) is 0 Å². The third-order valence-electron chi connectivity index (χ3n) is 4.45. The first-order valence-electron chi connectivity index (χ1n) is 9.07. The number of rotatable bonds is 4. The quantitative estimate of drug-likeness (QED) is 0.820. The molecule has 0 aliphatic carbocycles. The van der Waals surface area contributed by atoms with Gasteiger partial charge in [-0.25, -0.2) is 0 Å². The highest BCUT2D eigenvalue weighted by Crippen LogP contribution is 2.26. The van der Waals surface area contributed by atoms with Gasteiger partial charge in [0, 0.05) is 25.0 Å². The van der Waals surface area contributed by atoms with Gasteiger partial charge in [0.1, 0.15) is 0 Å².